The van der Waals surface area contributed by atoms with Gasteiger partial charge in [0.15, 0.2) is 0 Å². The van der Waals surface area contributed by atoms with E-state index in [4.69, 9.17) is 5.73 Å². The molecule has 0 aliphatic heterocycles. The first-order valence-electron chi connectivity index (χ1n) is 6.22. The molecule has 1 saturated carbocycles. The van der Waals surface area contributed by atoms with Crippen LogP contribution in [-0.4, -0.2) is 22.2 Å². The lowest BCUT2D eigenvalue weighted by atomic mass is 9.97. The zero-order valence-corrected chi connectivity index (χ0v) is 10.2. The molecule has 1 heterocycles. The van der Waals surface area contributed by atoms with Gasteiger partial charge >= 0.3 is 0 Å². The van der Waals surface area contributed by atoms with Gasteiger partial charge in [-0.25, -0.2) is 0 Å². The third-order valence-corrected chi connectivity index (χ3v) is 3.49. The van der Waals surface area contributed by atoms with Crippen molar-refractivity contribution >= 4 is 11.6 Å². The number of amides is 1. The molecule has 1 aliphatic carbocycles. The molecule has 1 aromatic heterocycles. The van der Waals surface area contributed by atoms with Crippen LogP contribution < -0.4 is 11.1 Å². The summed E-state index contributed by atoms with van der Waals surface area (Å²) in [7, 11) is 0. The molecule has 2 rings (SSSR count). The molecule has 5 heteroatoms. The summed E-state index contributed by atoms with van der Waals surface area (Å²) in [5, 5.41) is 7.04. The van der Waals surface area contributed by atoms with Crippen molar-refractivity contribution in [2.45, 2.75) is 32.7 Å². The van der Waals surface area contributed by atoms with Gasteiger partial charge in [0.05, 0.1) is 18.4 Å². The summed E-state index contributed by atoms with van der Waals surface area (Å²) in [5.74, 6) is 0.920. The van der Waals surface area contributed by atoms with Gasteiger partial charge in [-0.05, 0) is 18.8 Å². The highest BCUT2D eigenvalue weighted by molar-refractivity contribution is 5.79. The van der Waals surface area contributed by atoms with Crippen molar-refractivity contribution in [3.8, 4) is 0 Å². The number of nitrogens with two attached hydrogens (primary N) is 1. The number of nitrogen functional groups attached to an aromatic ring is 1. The molecule has 2 unspecified atom stereocenters. The fraction of sp³-hybridized carbons (Fsp3) is 0.667. The molecule has 2 atom stereocenters. The first-order valence-corrected chi connectivity index (χ1v) is 6.22. The smallest absolute Gasteiger partial charge is 0.223 e. The van der Waals surface area contributed by atoms with E-state index in [0.717, 1.165) is 6.42 Å². The number of hydrogen-bond donors (Lipinski definition) is 2. The van der Waals surface area contributed by atoms with E-state index in [-0.39, 0.29) is 11.8 Å². The lowest BCUT2D eigenvalue weighted by molar-refractivity contribution is -0.125. The number of nitrogens with zero attached hydrogens (tertiary/aromatic N) is 2. The summed E-state index contributed by atoms with van der Waals surface area (Å²) in [4.78, 5) is 11.9. The number of hydrogen-bond acceptors (Lipinski definition) is 3. The quantitative estimate of drug-likeness (QED) is 0.819. The van der Waals surface area contributed by atoms with Gasteiger partial charge in [-0.2, -0.15) is 5.10 Å². The molecular weight excluding hydrogens is 216 g/mol. The first-order chi connectivity index (χ1) is 8.16. The van der Waals surface area contributed by atoms with E-state index >= 15 is 0 Å². The topological polar surface area (TPSA) is 72.9 Å². The molecule has 1 fully saturated rings. The van der Waals surface area contributed by atoms with Crippen molar-refractivity contribution in [2.24, 2.45) is 11.8 Å². The predicted octanol–water partition coefficient (Wildman–Crippen LogP) is 1.02. The van der Waals surface area contributed by atoms with Crippen LogP contribution in [0.5, 0.6) is 0 Å². The SMILES string of the molecule is CC1CCCC1C(=O)NCCn1cc(N)cn1. The van der Waals surface area contributed by atoms with Crippen molar-refractivity contribution in [3.63, 3.8) is 0 Å². The predicted molar refractivity (Wildman–Crippen MR) is 66.2 cm³/mol. The Morgan fingerprint density at radius 1 is 1.65 bits per heavy atom. The molecule has 0 spiro atoms. The second kappa shape index (κ2) is 5.21. The van der Waals surface area contributed by atoms with Crippen molar-refractivity contribution in [1.29, 1.82) is 0 Å². The van der Waals surface area contributed by atoms with Crippen LogP contribution in [0.3, 0.4) is 0 Å². The largest absolute Gasteiger partial charge is 0.396 e. The number of rotatable bonds is 4. The van der Waals surface area contributed by atoms with Crippen LogP contribution >= 0.6 is 0 Å². The van der Waals surface area contributed by atoms with Gasteiger partial charge in [0, 0.05) is 18.7 Å². The highest BCUT2D eigenvalue weighted by atomic mass is 16.1. The molecule has 0 aromatic carbocycles. The molecule has 94 valence electrons. The second-order valence-corrected chi connectivity index (χ2v) is 4.84. The third kappa shape index (κ3) is 2.99. The van der Waals surface area contributed by atoms with E-state index in [1.807, 2.05) is 0 Å². The molecule has 3 N–H and O–H groups in total. The van der Waals surface area contributed by atoms with E-state index in [2.05, 4.69) is 17.3 Å². The summed E-state index contributed by atoms with van der Waals surface area (Å²) < 4.78 is 1.74. The minimum atomic E-state index is 0.190. The fourth-order valence-electron chi connectivity index (χ4n) is 2.46. The Morgan fingerprint density at radius 3 is 3.06 bits per heavy atom. The normalized spacial score (nSPS) is 23.8. The lowest BCUT2D eigenvalue weighted by Gasteiger charge is -2.14. The van der Waals surface area contributed by atoms with E-state index < -0.39 is 0 Å². The van der Waals surface area contributed by atoms with E-state index in [9.17, 15) is 4.79 Å². The van der Waals surface area contributed by atoms with Gasteiger partial charge in [-0.15, -0.1) is 0 Å². The minimum absolute atomic E-state index is 0.190. The van der Waals surface area contributed by atoms with Crippen molar-refractivity contribution in [2.75, 3.05) is 12.3 Å². The van der Waals surface area contributed by atoms with E-state index in [0.29, 0.717) is 24.7 Å². The molecule has 1 amide bonds. The Balaban J connectivity index is 1.73. The van der Waals surface area contributed by atoms with E-state index in [1.165, 1.54) is 12.8 Å². The molecule has 0 bridgehead atoms. The van der Waals surface area contributed by atoms with Crippen LogP contribution in [0.2, 0.25) is 0 Å². The number of carbonyl (C=O) groups is 1. The Hall–Kier alpha value is -1.52. The van der Waals surface area contributed by atoms with Gasteiger partial charge in [-0.3, -0.25) is 9.48 Å². The van der Waals surface area contributed by atoms with Crippen LogP contribution in [-0.2, 0) is 11.3 Å². The molecule has 1 aromatic rings. The summed E-state index contributed by atoms with van der Waals surface area (Å²) >= 11 is 0. The fourth-order valence-corrected chi connectivity index (χ4v) is 2.46. The maximum atomic E-state index is 11.9. The number of aromatic nitrogens is 2. The minimum Gasteiger partial charge on any atom is -0.396 e. The Morgan fingerprint density at radius 2 is 2.47 bits per heavy atom. The summed E-state index contributed by atoms with van der Waals surface area (Å²) in [6, 6.07) is 0. The zero-order valence-electron chi connectivity index (χ0n) is 10.2. The molecular formula is C12H20N4O. The Bertz CT molecular complexity index is 388. The van der Waals surface area contributed by atoms with Crippen LogP contribution in [0.15, 0.2) is 12.4 Å². The zero-order chi connectivity index (χ0) is 12.3. The van der Waals surface area contributed by atoms with Crippen molar-refractivity contribution in [3.05, 3.63) is 12.4 Å². The van der Waals surface area contributed by atoms with Crippen LogP contribution in [0.4, 0.5) is 5.69 Å². The molecule has 0 radical (unpaired) electrons. The van der Waals surface area contributed by atoms with E-state index in [1.54, 1.807) is 17.1 Å². The van der Waals surface area contributed by atoms with Gasteiger partial charge in [0.1, 0.15) is 0 Å². The highest BCUT2D eigenvalue weighted by Crippen LogP contribution is 2.30. The van der Waals surface area contributed by atoms with Crippen LogP contribution in [0.25, 0.3) is 0 Å². The molecule has 5 nitrogen and oxygen atoms in total. The summed E-state index contributed by atoms with van der Waals surface area (Å²) in [6.07, 6.45) is 6.76. The van der Waals surface area contributed by atoms with Gasteiger partial charge in [0.2, 0.25) is 5.91 Å². The average molecular weight is 236 g/mol. The number of nitrogens with one attached hydrogen (secondary N) is 1. The third-order valence-electron chi connectivity index (χ3n) is 3.49. The van der Waals surface area contributed by atoms with Crippen molar-refractivity contribution in [1.82, 2.24) is 15.1 Å². The van der Waals surface area contributed by atoms with Crippen LogP contribution in [0, 0.1) is 11.8 Å². The molecule has 0 saturated heterocycles. The lowest BCUT2D eigenvalue weighted by Crippen LogP contribution is -2.34. The average Bonchev–Trinajstić information content (AvgIpc) is 2.87. The maximum absolute atomic E-state index is 11.9. The van der Waals surface area contributed by atoms with Gasteiger partial charge in [0.25, 0.3) is 0 Å². The Labute approximate surface area is 101 Å². The van der Waals surface area contributed by atoms with Crippen LogP contribution in [0.1, 0.15) is 26.2 Å². The van der Waals surface area contributed by atoms with Gasteiger partial charge < -0.3 is 11.1 Å². The monoisotopic (exact) mass is 236 g/mol. The highest BCUT2D eigenvalue weighted by Gasteiger charge is 2.29. The number of anilines is 1. The summed E-state index contributed by atoms with van der Waals surface area (Å²) in [6.45, 7) is 3.44. The molecule has 17 heavy (non-hydrogen) atoms. The number of carbonyl (C=O) groups excluding carboxylic acids is 1. The first kappa shape index (κ1) is 12.0. The van der Waals surface area contributed by atoms with Crippen molar-refractivity contribution < 1.29 is 4.79 Å². The molecule has 1 aliphatic rings. The Kier molecular flexibility index (Phi) is 3.66. The second-order valence-electron chi connectivity index (χ2n) is 4.84. The van der Waals surface area contributed by atoms with Gasteiger partial charge in [-0.1, -0.05) is 13.3 Å². The summed E-state index contributed by atoms with van der Waals surface area (Å²) in [5.41, 5.74) is 6.21. The maximum Gasteiger partial charge on any atom is 0.223 e. The standard InChI is InChI=1S/C12H20N4O/c1-9-3-2-4-11(9)12(17)14-5-6-16-8-10(13)7-15-16/h7-9,11H,2-6,13H2,1H3,(H,14,17).